The van der Waals surface area contributed by atoms with Crippen LogP contribution in [-0.2, 0) is 0 Å². The molecule has 0 saturated carbocycles. The van der Waals surface area contributed by atoms with E-state index in [4.69, 9.17) is 0 Å². The summed E-state index contributed by atoms with van der Waals surface area (Å²) in [5.74, 6) is -58.2. The van der Waals surface area contributed by atoms with E-state index in [1.165, 1.54) is 0 Å². The van der Waals surface area contributed by atoms with Gasteiger partial charge < -0.3 is 0 Å². The molecule has 0 fully saturated rings. The zero-order valence-electron chi connectivity index (χ0n) is 12.5. The van der Waals surface area contributed by atoms with Gasteiger partial charge in [-0.05, 0) is 6.26 Å². The third-order valence-electron chi connectivity index (χ3n) is 3.11. The average Bonchev–Trinajstić information content (AvgIpc) is 2.44. The van der Waals surface area contributed by atoms with Crippen molar-refractivity contribution >= 4 is 11.8 Å². The second kappa shape index (κ2) is 6.85. The Hall–Kier alpha value is -0.840. The van der Waals surface area contributed by atoms with Crippen LogP contribution >= 0.6 is 11.8 Å². The first-order valence-electron chi connectivity index (χ1n) is 6.01. The SMILES string of the molecule is CSCC(F)(F)C(F)(F)C(F)(F)C(F)(F)C(F)(F)C(F)(F)C(F)(F)C(F)(F)F. The van der Waals surface area contributed by atoms with Crippen LogP contribution in [-0.4, -0.2) is 59.6 Å². The molecular weight excluding hydrogens is 475 g/mol. The van der Waals surface area contributed by atoms with Crippen molar-refractivity contribution in [1.82, 2.24) is 0 Å². The predicted octanol–water partition coefficient (Wildman–Crippen LogP) is 6.36. The molecule has 18 heteroatoms. The molecule has 0 atom stereocenters. The van der Waals surface area contributed by atoms with Gasteiger partial charge in [-0.1, -0.05) is 0 Å². The van der Waals surface area contributed by atoms with E-state index in [0.29, 0.717) is 6.26 Å². The maximum Gasteiger partial charge on any atom is 0.460 e. The van der Waals surface area contributed by atoms with Crippen LogP contribution in [0.1, 0.15) is 0 Å². The third-order valence-corrected chi connectivity index (χ3v) is 3.76. The average molecular weight is 480 g/mol. The summed E-state index contributed by atoms with van der Waals surface area (Å²) in [7, 11) is 0. The summed E-state index contributed by atoms with van der Waals surface area (Å²) in [6, 6.07) is 0. The van der Waals surface area contributed by atoms with Crippen LogP contribution in [0.15, 0.2) is 0 Å². The van der Waals surface area contributed by atoms with Gasteiger partial charge in [0.2, 0.25) is 0 Å². The zero-order chi connectivity index (χ0) is 23.4. The first-order chi connectivity index (χ1) is 11.8. The first kappa shape index (κ1) is 27.2. The minimum Gasteiger partial charge on any atom is -0.199 e. The van der Waals surface area contributed by atoms with Gasteiger partial charge in [-0.25, -0.2) is 0 Å². The van der Waals surface area contributed by atoms with Crippen molar-refractivity contribution in [1.29, 1.82) is 0 Å². The van der Waals surface area contributed by atoms with Crippen LogP contribution in [0.4, 0.5) is 74.6 Å². The van der Waals surface area contributed by atoms with Crippen LogP contribution in [0.2, 0.25) is 0 Å². The molecule has 0 nitrogen and oxygen atoms in total. The highest BCUT2D eigenvalue weighted by Gasteiger charge is 2.95. The number of hydrogen-bond acceptors (Lipinski definition) is 1. The Bertz CT molecular complexity index is 559. The van der Waals surface area contributed by atoms with Crippen molar-refractivity contribution in [3.05, 3.63) is 0 Å². The monoisotopic (exact) mass is 480 g/mol. The summed E-state index contributed by atoms with van der Waals surface area (Å²) in [6.45, 7) is 0. The number of rotatable bonds is 8. The van der Waals surface area contributed by atoms with Gasteiger partial charge >= 0.3 is 47.6 Å². The lowest BCUT2D eigenvalue weighted by Crippen LogP contribution is -2.74. The van der Waals surface area contributed by atoms with Crippen LogP contribution in [0.3, 0.4) is 0 Å². The Labute approximate surface area is 147 Å². The molecule has 0 spiro atoms. The Kier molecular flexibility index (Phi) is 6.65. The van der Waals surface area contributed by atoms with E-state index in [1.807, 2.05) is 0 Å². The molecule has 0 aromatic heterocycles. The Morgan fingerprint density at radius 2 is 0.679 bits per heavy atom. The summed E-state index contributed by atoms with van der Waals surface area (Å²) < 4.78 is 217. The van der Waals surface area contributed by atoms with Crippen LogP contribution < -0.4 is 0 Å². The molecule has 0 N–H and O–H groups in total. The highest BCUT2D eigenvalue weighted by atomic mass is 32.2. The topological polar surface area (TPSA) is 0 Å². The van der Waals surface area contributed by atoms with E-state index in [2.05, 4.69) is 0 Å². The van der Waals surface area contributed by atoms with Crippen molar-refractivity contribution in [3.63, 3.8) is 0 Å². The maximum absolute atomic E-state index is 13.2. The van der Waals surface area contributed by atoms with E-state index >= 15 is 0 Å². The molecule has 0 unspecified atom stereocenters. The van der Waals surface area contributed by atoms with Gasteiger partial charge in [-0.15, -0.1) is 0 Å². The number of alkyl halides is 17. The first-order valence-corrected chi connectivity index (χ1v) is 7.41. The molecule has 0 bridgehead atoms. The highest BCUT2D eigenvalue weighted by Crippen LogP contribution is 2.64. The molecule has 170 valence electrons. The van der Waals surface area contributed by atoms with E-state index in [1.54, 1.807) is 0 Å². The van der Waals surface area contributed by atoms with Gasteiger partial charge in [0, 0.05) is 0 Å². The molecule has 0 aromatic carbocycles. The third kappa shape index (κ3) is 3.36. The van der Waals surface area contributed by atoms with Crippen molar-refractivity contribution in [3.8, 4) is 0 Å². The van der Waals surface area contributed by atoms with E-state index in [-0.39, 0.29) is 0 Å². The van der Waals surface area contributed by atoms with Crippen LogP contribution in [0.5, 0.6) is 0 Å². The second-order valence-corrected chi connectivity index (χ2v) is 5.95. The van der Waals surface area contributed by atoms with Crippen molar-refractivity contribution in [2.45, 2.75) is 47.6 Å². The summed E-state index contributed by atoms with van der Waals surface area (Å²) in [5.41, 5.74) is 0. The largest absolute Gasteiger partial charge is 0.460 e. The van der Waals surface area contributed by atoms with Gasteiger partial charge in [0.25, 0.3) is 0 Å². The minimum absolute atomic E-state index is 0.430. The van der Waals surface area contributed by atoms with Gasteiger partial charge in [0.15, 0.2) is 0 Å². The summed E-state index contributed by atoms with van der Waals surface area (Å²) in [5, 5.41) is 0. The molecule has 0 aliphatic rings. The molecule has 0 radical (unpaired) electrons. The fourth-order valence-corrected chi connectivity index (χ4v) is 2.01. The van der Waals surface area contributed by atoms with E-state index < -0.39 is 65.1 Å². The number of thioether (sulfide) groups is 1. The highest BCUT2D eigenvalue weighted by molar-refractivity contribution is 7.98. The molecule has 0 amide bonds. The molecule has 0 heterocycles. The normalized spacial score (nSPS) is 16.5. The van der Waals surface area contributed by atoms with Gasteiger partial charge in [-0.2, -0.15) is 86.4 Å². The Morgan fingerprint density at radius 3 is 0.929 bits per heavy atom. The second-order valence-electron chi connectivity index (χ2n) is 5.08. The molecule has 28 heavy (non-hydrogen) atoms. The number of halogens is 17. The van der Waals surface area contributed by atoms with Crippen molar-refractivity contribution in [2.24, 2.45) is 0 Å². The van der Waals surface area contributed by atoms with Crippen LogP contribution in [0, 0.1) is 0 Å². The predicted molar refractivity (Wildman–Crippen MR) is 59.1 cm³/mol. The number of hydrogen-bond donors (Lipinski definition) is 0. The van der Waals surface area contributed by atoms with Gasteiger partial charge in [-0.3, -0.25) is 0 Å². The smallest absolute Gasteiger partial charge is 0.199 e. The fourth-order valence-electron chi connectivity index (χ4n) is 1.47. The summed E-state index contributed by atoms with van der Waals surface area (Å²) in [6.07, 6.45) is -7.23. The lowest BCUT2D eigenvalue weighted by atomic mass is 9.89. The van der Waals surface area contributed by atoms with Crippen molar-refractivity contribution < 1.29 is 74.6 Å². The fraction of sp³-hybridized carbons (Fsp3) is 1.00. The molecule has 0 saturated heterocycles. The van der Waals surface area contributed by atoms with E-state index in [0.717, 1.165) is 0 Å². The molecule has 0 aromatic rings. The quantitative estimate of drug-likeness (QED) is 0.365. The maximum atomic E-state index is 13.2. The molecule has 0 aliphatic carbocycles. The summed E-state index contributed by atoms with van der Waals surface area (Å²) >= 11 is -0.430. The summed E-state index contributed by atoms with van der Waals surface area (Å²) in [4.78, 5) is 0. The van der Waals surface area contributed by atoms with Crippen molar-refractivity contribution in [2.75, 3.05) is 12.0 Å². The molecule has 0 rings (SSSR count). The van der Waals surface area contributed by atoms with Gasteiger partial charge in [0.1, 0.15) is 0 Å². The Morgan fingerprint density at radius 1 is 0.429 bits per heavy atom. The standard InChI is InChI=1S/C10H5F17S/c1-28-2-3(11,12)4(13,14)5(15,16)6(17,18)7(19,20)8(21,22)9(23,24)10(25,26)27/h2H2,1H3. The molecule has 0 aliphatic heterocycles. The minimum atomic E-state index is -8.57. The van der Waals surface area contributed by atoms with Crippen LogP contribution in [0.25, 0.3) is 0 Å². The van der Waals surface area contributed by atoms with E-state index in [9.17, 15) is 74.6 Å². The van der Waals surface area contributed by atoms with Gasteiger partial charge in [0.05, 0.1) is 5.75 Å². The lowest BCUT2D eigenvalue weighted by molar-refractivity contribution is -0.460. The molecular formula is C10H5F17S. The Balaban J connectivity index is 6.63. The zero-order valence-corrected chi connectivity index (χ0v) is 13.4. The lowest BCUT2D eigenvalue weighted by Gasteiger charge is -2.42.